The maximum Gasteiger partial charge on any atom is 0.224 e. The molecule has 0 heterocycles. The summed E-state index contributed by atoms with van der Waals surface area (Å²) in [5.41, 5.74) is 0.547. The maximum absolute atomic E-state index is 12.9. The maximum atomic E-state index is 12.9. The Labute approximate surface area is 106 Å². The van der Waals surface area contributed by atoms with E-state index in [0.29, 0.717) is 18.0 Å². The van der Waals surface area contributed by atoms with E-state index in [-0.39, 0.29) is 23.6 Å². The zero-order valence-corrected chi connectivity index (χ0v) is 10.9. The topological polar surface area (TPSA) is 29.1 Å². The zero-order chi connectivity index (χ0) is 12.9. The SMILES string of the molecule is CC(C)(CCl)CNC(=O)Cc1cccc(F)c1. The van der Waals surface area contributed by atoms with Gasteiger partial charge in [-0.15, -0.1) is 11.6 Å². The van der Waals surface area contributed by atoms with Crippen molar-refractivity contribution >= 4 is 17.5 Å². The van der Waals surface area contributed by atoms with Crippen molar-refractivity contribution < 1.29 is 9.18 Å². The van der Waals surface area contributed by atoms with Gasteiger partial charge in [0.2, 0.25) is 5.91 Å². The lowest BCUT2D eigenvalue weighted by Crippen LogP contribution is -2.35. The van der Waals surface area contributed by atoms with Crippen molar-refractivity contribution in [3.05, 3.63) is 35.6 Å². The fourth-order valence-corrected chi connectivity index (χ4v) is 1.37. The molecule has 0 aromatic heterocycles. The highest BCUT2D eigenvalue weighted by Gasteiger charge is 2.17. The van der Waals surface area contributed by atoms with Gasteiger partial charge in [0.15, 0.2) is 0 Å². The number of amides is 1. The Hall–Kier alpha value is -1.09. The number of halogens is 2. The standard InChI is InChI=1S/C13H17ClFNO/c1-13(2,8-14)9-16-12(17)7-10-4-3-5-11(15)6-10/h3-6H,7-9H2,1-2H3,(H,16,17). The molecule has 0 spiro atoms. The van der Waals surface area contributed by atoms with E-state index in [9.17, 15) is 9.18 Å². The van der Waals surface area contributed by atoms with Gasteiger partial charge in [-0.3, -0.25) is 4.79 Å². The molecule has 94 valence electrons. The van der Waals surface area contributed by atoms with Crippen LogP contribution in [-0.4, -0.2) is 18.3 Å². The fraction of sp³-hybridized carbons (Fsp3) is 0.462. The largest absolute Gasteiger partial charge is 0.355 e. The summed E-state index contributed by atoms with van der Waals surface area (Å²) in [5.74, 6) is 0.0398. The van der Waals surface area contributed by atoms with Gasteiger partial charge in [0.1, 0.15) is 5.82 Å². The second-order valence-electron chi connectivity index (χ2n) is 4.88. The second kappa shape index (κ2) is 6.01. The van der Waals surface area contributed by atoms with E-state index in [2.05, 4.69) is 5.32 Å². The van der Waals surface area contributed by atoms with E-state index < -0.39 is 0 Å². The highest BCUT2D eigenvalue weighted by atomic mass is 35.5. The third-order valence-corrected chi connectivity index (χ3v) is 3.10. The van der Waals surface area contributed by atoms with Crippen LogP contribution in [0.5, 0.6) is 0 Å². The fourth-order valence-electron chi connectivity index (χ4n) is 1.28. The number of hydrogen-bond donors (Lipinski definition) is 1. The van der Waals surface area contributed by atoms with Crippen LogP contribution < -0.4 is 5.32 Å². The highest BCUT2D eigenvalue weighted by Crippen LogP contribution is 2.15. The van der Waals surface area contributed by atoms with E-state index in [1.165, 1.54) is 12.1 Å². The molecule has 0 fully saturated rings. The van der Waals surface area contributed by atoms with Crippen LogP contribution in [0.3, 0.4) is 0 Å². The van der Waals surface area contributed by atoms with Gasteiger partial charge in [-0.05, 0) is 23.1 Å². The predicted molar refractivity (Wildman–Crippen MR) is 67.6 cm³/mol. The van der Waals surface area contributed by atoms with E-state index in [1.54, 1.807) is 12.1 Å². The lowest BCUT2D eigenvalue weighted by molar-refractivity contribution is -0.120. The lowest BCUT2D eigenvalue weighted by atomic mass is 9.96. The summed E-state index contributed by atoms with van der Waals surface area (Å²) in [6.07, 6.45) is 0.191. The van der Waals surface area contributed by atoms with Crippen molar-refractivity contribution in [1.82, 2.24) is 5.32 Å². The van der Waals surface area contributed by atoms with Crippen LogP contribution in [0, 0.1) is 11.2 Å². The molecule has 17 heavy (non-hydrogen) atoms. The van der Waals surface area contributed by atoms with Gasteiger partial charge in [0, 0.05) is 12.4 Å². The number of carbonyl (C=O) groups excluding carboxylic acids is 1. The first kappa shape index (κ1) is 14.0. The number of hydrogen-bond acceptors (Lipinski definition) is 1. The van der Waals surface area contributed by atoms with Gasteiger partial charge < -0.3 is 5.32 Å². The summed E-state index contributed by atoms with van der Waals surface area (Å²) in [4.78, 5) is 11.6. The van der Waals surface area contributed by atoms with Crippen LogP contribution in [0.2, 0.25) is 0 Å². The third-order valence-electron chi connectivity index (χ3n) is 2.38. The van der Waals surface area contributed by atoms with E-state index in [4.69, 9.17) is 11.6 Å². The Kier molecular flexibility index (Phi) is 4.94. The predicted octanol–water partition coefficient (Wildman–Crippen LogP) is 2.75. The molecule has 0 radical (unpaired) electrons. The normalized spacial score (nSPS) is 11.3. The molecule has 0 saturated heterocycles. The van der Waals surface area contributed by atoms with Gasteiger partial charge in [-0.1, -0.05) is 26.0 Å². The van der Waals surface area contributed by atoms with Crippen molar-refractivity contribution in [3.8, 4) is 0 Å². The molecule has 0 bridgehead atoms. The highest BCUT2D eigenvalue weighted by molar-refractivity contribution is 6.18. The summed E-state index contributed by atoms with van der Waals surface area (Å²) in [6, 6.07) is 6.06. The van der Waals surface area contributed by atoms with E-state index in [1.807, 2.05) is 13.8 Å². The van der Waals surface area contributed by atoms with Crippen molar-refractivity contribution in [3.63, 3.8) is 0 Å². The molecule has 0 aliphatic carbocycles. The molecule has 1 rings (SSSR count). The van der Waals surface area contributed by atoms with E-state index in [0.717, 1.165) is 0 Å². The van der Waals surface area contributed by atoms with Crippen LogP contribution in [-0.2, 0) is 11.2 Å². The second-order valence-corrected chi connectivity index (χ2v) is 5.15. The molecule has 1 N–H and O–H groups in total. The average Bonchev–Trinajstić information content (AvgIpc) is 2.27. The first-order chi connectivity index (χ1) is 7.93. The Morgan fingerprint density at radius 3 is 2.76 bits per heavy atom. The number of carbonyl (C=O) groups is 1. The first-order valence-electron chi connectivity index (χ1n) is 5.50. The molecule has 0 saturated carbocycles. The number of benzene rings is 1. The summed E-state index contributed by atoms with van der Waals surface area (Å²) in [7, 11) is 0. The molecule has 0 unspecified atom stereocenters. The molecular formula is C13H17ClFNO. The average molecular weight is 258 g/mol. The number of rotatable bonds is 5. The van der Waals surface area contributed by atoms with Gasteiger partial charge in [-0.2, -0.15) is 0 Å². The summed E-state index contributed by atoms with van der Waals surface area (Å²) < 4.78 is 12.9. The summed E-state index contributed by atoms with van der Waals surface area (Å²) >= 11 is 5.76. The third kappa shape index (κ3) is 5.18. The van der Waals surface area contributed by atoms with E-state index >= 15 is 0 Å². The van der Waals surface area contributed by atoms with Crippen molar-refractivity contribution in [2.45, 2.75) is 20.3 Å². The van der Waals surface area contributed by atoms with Gasteiger partial charge in [0.05, 0.1) is 6.42 Å². The van der Waals surface area contributed by atoms with Crippen LogP contribution in [0.4, 0.5) is 4.39 Å². The minimum absolute atomic E-state index is 0.117. The quantitative estimate of drug-likeness (QED) is 0.808. The van der Waals surface area contributed by atoms with Crippen LogP contribution in [0.15, 0.2) is 24.3 Å². The minimum atomic E-state index is -0.323. The van der Waals surface area contributed by atoms with Crippen molar-refractivity contribution in [2.24, 2.45) is 5.41 Å². The molecule has 0 aliphatic rings. The molecule has 2 nitrogen and oxygen atoms in total. The molecule has 0 aliphatic heterocycles. The van der Waals surface area contributed by atoms with Crippen molar-refractivity contribution in [1.29, 1.82) is 0 Å². The summed E-state index contributed by atoms with van der Waals surface area (Å²) in [6.45, 7) is 4.47. The Balaban J connectivity index is 2.45. The zero-order valence-electron chi connectivity index (χ0n) is 10.1. The number of alkyl halides is 1. The Bertz CT molecular complexity index is 393. The molecule has 1 aromatic rings. The Morgan fingerprint density at radius 2 is 2.18 bits per heavy atom. The first-order valence-corrected chi connectivity index (χ1v) is 6.03. The molecule has 0 atom stereocenters. The monoisotopic (exact) mass is 257 g/mol. The molecule has 1 amide bonds. The molecule has 4 heteroatoms. The van der Waals surface area contributed by atoms with Crippen LogP contribution in [0.25, 0.3) is 0 Å². The molecular weight excluding hydrogens is 241 g/mol. The summed E-state index contributed by atoms with van der Waals surface area (Å²) in [5, 5.41) is 2.80. The molecule has 1 aromatic carbocycles. The van der Waals surface area contributed by atoms with Gasteiger partial charge in [-0.25, -0.2) is 4.39 Å². The van der Waals surface area contributed by atoms with Crippen LogP contribution in [0.1, 0.15) is 19.4 Å². The Morgan fingerprint density at radius 1 is 1.47 bits per heavy atom. The lowest BCUT2D eigenvalue weighted by Gasteiger charge is -2.21. The minimum Gasteiger partial charge on any atom is -0.355 e. The van der Waals surface area contributed by atoms with Gasteiger partial charge >= 0.3 is 0 Å². The van der Waals surface area contributed by atoms with Crippen LogP contribution >= 0.6 is 11.6 Å². The van der Waals surface area contributed by atoms with Gasteiger partial charge in [0.25, 0.3) is 0 Å². The van der Waals surface area contributed by atoms with Crippen molar-refractivity contribution in [2.75, 3.05) is 12.4 Å². The smallest absolute Gasteiger partial charge is 0.224 e. The number of nitrogens with one attached hydrogen (secondary N) is 1.